The van der Waals surface area contributed by atoms with E-state index in [1.54, 1.807) is 25.1 Å². The van der Waals surface area contributed by atoms with E-state index >= 15 is 0 Å². The highest BCUT2D eigenvalue weighted by Gasteiger charge is 2.36. The molecule has 0 heterocycles. The number of ketones is 2. The minimum Gasteiger partial charge on any atom is -0.300 e. The number of carbonyl (C=O) groups excluding carboxylic acids is 2. The van der Waals surface area contributed by atoms with Gasteiger partial charge in [-0.3, -0.25) is 15.0 Å². The lowest BCUT2D eigenvalue weighted by Gasteiger charge is -2.20. The van der Waals surface area contributed by atoms with Gasteiger partial charge < -0.3 is 0 Å². The molecule has 0 fully saturated rings. The summed E-state index contributed by atoms with van der Waals surface area (Å²) in [5.41, 5.74) is 1.36. The number of halogens is 1. The van der Waals surface area contributed by atoms with E-state index in [9.17, 15) is 9.59 Å². The van der Waals surface area contributed by atoms with Crippen LogP contribution >= 0.6 is 15.9 Å². The average molecular weight is 266 g/mol. The van der Waals surface area contributed by atoms with Crippen molar-refractivity contribution in [2.24, 2.45) is 0 Å². The number of hydrogen-bond donors (Lipinski definition) is 1. The van der Waals surface area contributed by atoms with Gasteiger partial charge in [-0.15, -0.1) is 0 Å². The van der Waals surface area contributed by atoms with Gasteiger partial charge in [0.15, 0.2) is 5.78 Å². The SMILES string of the molecule is Cc1cccc2c1C(=O)C(=N)C(Br)C2=O. The number of carbonyl (C=O) groups is 2. The maximum Gasteiger partial charge on any atom is 0.209 e. The van der Waals surface area contributed by atoms with Gasteiger partial charge in [-0.1, -0.05) is 34.1 Å². The van der Waals surface area contributed by atoms with Gasteiger partial charge in [-0.2, -0.15) is 0 Å². The Morgan fingerprint density at radius 3 is 2.67 bits per heavy atom. The van der Waals surface area contributed by atoms with Gasteiger partial charge in [0.2, 0.25) is 5.78 Å². The molecule has 0 aliphatic heterocycles. The summed E-state index contributed by atoms with van der Waals surface area (Å²) in [6.45, 7) is 1.77. The van der Waals surface area contributed by atoms with Crippen molar-refractivity contribution >= 4 is 33.2 Å². The lowest BCUT2D eigenvalue weighted by Crippen LogP contribution is -2.37. The predicted molar refractivity (Wildman–Crippen MR) is 60.3 cm³/mol. The number of Topliss-reactive ketones (excluding diaryl/α,β-unsaturated/α-hetero) is 2. The summed E-state index contributed by atoms with van der Waals surface area (Å²) in [5, 5.41) is 7.54. The molecular formula is C11H8BrNO2. The highest BCUT2D eigenvalue weighted by atomic mass is 79.9. The van der Waals surface area contributed by atoms with Crippen LogP contribution in [0.3, 0.4) is 0 Å². The molecule has 0 radical (unpaired) electrons. The number of nitrogens with one attached hydrogen (secondary N) is 1. The topological polar surface area (TPSA) is 58.0 Å². The van der Waals surface area contributed by atoms with Crippen molar-refractivity contribution in [3.8, 4) is 0 Å². The van der Waals surface area contributed by atoms with E-state index in [0.29, 0.717) is 11.1 Å². The molecule has 2 rings (SSSR count). The standard InChI is InChI=1S/C11H8BrNO2/c1-5-3-2-4-6-7(5)11(15)9(13)8(12)10(6)14/h2-4,8,13H,1H3. The maximum atomic E-state index is 11.8. The predicted octanol–water partition coefficient (Wildman–Crippen LogP) is 2.16. The van der Waals surface area contributed by atoms with Crippen LogP contribution in [0.15, 0.2) is 18.2 Å². The average Bonchev–Trinajstić information content (AvgIpc) is 2.23. The molecular weight excluding hydrogens is 258 g/mol. The zero-order valence-electron chi connectivity index (χ0n) is 8.00. The van der Waals surface area contributed by atoms with Gasteiger partial charge >= 0.3 is 0 Å². The maximum absolute atomic E-state index is 11.8. The Bertz CT molecular complexity index is 493. The molecule has 1 aliphatic rings. The normalized spacial score (nSPS) is 20.4. The molecule has 0 saturated carbocycles. The smallest absolute Gasteiger partial charge is 0.209 e. The molecule has 76 valence electrons. The fourth-order valence-electron chi connectivity index (χ4n) is 1.69. The minimum absolute atomic E-state index is 0.179. The van der Waals surface area contributed by atoms with Crippen LogP contribution in [-0.2, 0) is 0 Å². The van der Waals surface area contributed by atoms with Crippen LogP contribution in [-0.4, -0.2) is 22.1 Å². The van der Waals surface area contributed by atoms with E-state index in [2.05, 4.69) is 15.9 Å². The molecule has 0 aromatic heterocycles. The Balaban J connectivity index is 2.75. The number of benzene rings is 1. The lowest BCUT2D eigenvalue weighted by atomic mass is 9.85. The third-order valence-electron chi connectivity index (χ3n) is 2.49. The molecule has 0 saturated heterocycles. The fourth-order valence-corrected chi connectivity index (χ4v) is 2.15. The van der Waals surface area contributed by atoms with Gasteiger partial charge in [0, 0.05) is 11.1 Å². The summed E-state index contributed by atoms with van der Waals surface area (Å²) in [4.78, 5) is 22.8. The molecule has 0 amide bonds. The van der Waals surface area contributed by atoms with Gasteiger partial charge in [0.25, 0.3) is 0 Å². The van der Waals surface area contributed by atoms with E-state index in [1.165, 1.54) is 0 Å². The summed E-state index contributed by atoms with van der Waals surface area (Å²) in [6, 6.07) is 5.14. The zero-order chi connectivity index (χ0) is 11.2. The summed E-state index contributed by atoms with van der Waals surface area (Å²) < 4.78 is 0. The van der Waals surface area contributed by atoms with E-state index in [4.69, 9.17) is 5.41 Å². The Morgan fingerprint density at radius 2 is 2.00 bits per heavy atom. The molecule has 0 bridgehead atoms. The largest absolute Gasteiger partial charge is 0.300 e. The monoisotopic (exact) mass is 265 g/mol. The molecule has 0 spiro atoms. The molecule has 4 heteroatoms. The Labute approximate surface area is 95.1 Å². The van der Waals surface area contributed by atoms with Gasteiger partial charge in [0.1, 0.15) is 10.5 Å². The Morgan fingerprint density at radius 1 is 1.33 bits per heavy atom. The van der Waals surface area contributed by atoms with Crippen molar-refractivity contribution in [1.29, 1.82) is 5.41 Å². The van der Waals surface area contributed by atoms with Gasteiger partial charge in [-0.25, -0.2) is 0 Å². The summed E-state index contributed by atoms with van der Waals surface area (Å²) in [7, 11) is 0. The van der Waals surface area contributed by atoms with Gasteiger partial charge in [0.05, 0.1) is 0 Å². The highest BCUT2D eigenvalue weighted by molar-refractivity contribution is 9.10. The summed E-state index contributed by atoms with van der Waals surface area (Å²) >= 11 is 3.06. The number of alkyl halides is 1. The van der Waals surface area contributed by atoms with Crippen LogP contribution in [0.2, 0.25) is 0 Å². The van der Waals surface area contributed by atoms with Crippen molar-refractivity contribution < 1.29 is 9.59 Å². The lowest BCUT2D eigenvalue weighted by molar-refractivity contribution is 0.0970. The van der Waals surface area contributed by atoms with Crippen molar-refractivity contribution in [1.82, 2.24) is 0 Å². The molecule has 1 unspecified atom stereocenters. The Kier molecular flexibility index (Phi) is 2.31. The number of fused-ring (bicyclic) bond motifs is 1. The molecule has 3 nitrogen and oxygen atoms in total. The molecule has 1 atom stereocenters. The first-order valence-corrected chi connectivity index (χ1v) is 5.36. The number of aryl methyl sites for hydroxylation is 1. The molecule has 1 aromatic rings. The second-order valence-electron chi connectivity index (χ2n) is 3.47. The highest BCUT2D eigenvalue weighted by Crippen LogP contribution is 2.25. The fraction of sp³-hybridized carbons (Fsp3) is 0.182. The quantitative estimate of drug-likeness (QED) is 0.731. The van der Waals surface area contributed by atoms with E-state index in [1.807, 2.05) is 0 Å². The first-order chi connectivity index (χ1) is 7.04. The van der Waals surface area contributed by atoms with Crippen LogP contribution < -0.4 is 0 Å². The third kappa shape index (κ3) is 1.36. The minimum atomic E-state index is -0.792. The second-order valence-corrected chi connectivity index (χ2v) is 4.38. The van der Waals surface area contributed by atoms with Gasteiger partial charge in [-0.05, 0) is 12.5 Å². The number of rotatable bonds is 0. The van der Waals surface area contributed by atoms with Crippen LogP contribution in [0.4, 0.5) is 0 Å². The van der Waals surface area contributed by atoms with Crippen LogP contribution in [0.5, 0.6) is 0 Å². The molecule has 1 aliphatic carbocycles. The van der Waals surface area contributed by atoms with Crippen molar-refractivity contribution in [3.63, 3.8) is 0 Å². The first-order valence-electron chi connectivity index (χ1n) is 4.45. The van der Waals surface area contributed by atoms with E-state index in [0.717, 1.165) is 5.56 Å². The first kappa shape index (κ1) is 10.2. The summed E-state index contributed by atoms with van der Waals surface area (Å²) in [6.07, 6.45) is 0. The Hall–Kier alpha value is -1.29. The second kappa shape index (κ2) is 3.38. The van der Waals surface area contributed by atoms with E-state index in [-0.39, 0.29) is 17.3 Å². The van der Waals surface area contributed by atoms with Crippen molar-refractivity contribution in [3.05, 3.63) is 34.9 Å². The van der Waals surface area contributed by atoms with Crippen LogP contribution in [0.1, 0.15) is 26.3 Å². The summed E-state index contributed by atoms with van der Waals surface area (Å²) in [5.74, 6) is -0.567. The van der Waals surface area contributed by atoms with Crippen molar-refractivity contribution in [2.45, 2.75) is 11.8 Å². The zero-order valence-corrected chi connectivity index (χ0v) is 9.59. The molecule has 1 aromatic carbocycles. The molecule has 1 N–H and O–H groups in total. The van der Waals surface area contributed by atoms with Crippen LogP contribution in [0.25, 0.3) is 0 Å². The third-order valence-corrected chi connectivity index (χ3v) is 3.37. The van der Waals surface area contributed by atoms with E-state index < -0.39 is 4.83 Å². The van der Waals surface area contributed by atoms with Crippen molar-refractivity contribution in [2.75, 3.05) is 0 Å². The van der Waals surface area contributed by atoms with Crippen LogP contribution in [0, 0.1) is 12.3 Å². The number of hydrogen-bond acceptors (Lipinski definition) is 3. The molecule has 15 heavy (non-hydrogen) atoms.